The van der Waals surface area contributed by atoms with Gasteiger partial charge in [0.15, 0.2) is 56.2 Å². The third kappa shape index (κ3) is 23.8. The minimum absolute atomic E-state index is 0.0310. The fourth-order valence-electron chi connectivity index (χ4n) is 15.6. The molecule has 1 unspecified atom stereocenters. The van der Waals surface area contributed by atoms with E-state index < -0.39 is 110 Å². The van der Waals surface area contributed by atoms with Gasteiger partial charge in [0.25, 0.3) is 27.8 Å². The number of aliphatic hydroxyl groups excluding tert-OH is 13. The quantitative estimate of drug-likeness (QED) is 0.00889. The molecular formula is C90H115N24O23P. The lowest BCUT2D eigenvalue weighted by atomic mass is 10.1. The SMILES string of the molecule is C=c1nc2c(c(=O)[nH]1)=Nc1cc(C)c(N(C)C)cc1N2CCCCO.C=c1nc2c(c(=O)[nH]1)=Nc1cc(C)c(N)cc1N2C[C@H](O)[C@H](O)[C@H](O)CO.C=c1nc2c(c(=O)[nH]1)=Nc1cc(C)c(NC)cc1N2C[C@H](O)[C@H](O)[C@H](O)CO.C=c1nc2c(c(=O)[nH]1)=Nc1cc(C)c(OC)cc1N2C[C@H](O)[C@H](O)[C@H](O)CO.Cc1cc2nc3c(=O)[nH]c(=O)nc-3n(CCCCCOP(C)(=O)O)c2cc1N(C)C. The highest BCUT2D eigenvalue weighted by Crippen LogP contribution is 2.44. The zero-order chi connectivity index (χ0) is 101. The number of β-amino-alcohol motifs (C(OH)–C–C–N with tert-alkyl or cyclic N) is 3. The number of nitrogens with zero attached hydrogens (tertiary/aromatic N) is 17. The molecule has 4 aromatic heterocycles. The highest BCUT2D eigenvalue weighted by atomic mass is 31.2. The summed E-state index contributed by atoms with van der Waals surface area (Å²) in [5.74, 6) is 1.80. The van der Waals surface area contributed by atoms with E-state index in [9.17, 15) is 84.2 Å². The van der Waals surface area contributed by atoms with E-state index >= 15 is 0 Å². The molecule has 0 saturated heterocycles. The van der Waals surface area contributed by atoms with Gasteiger partial charge in [0.1, 0.15) is 82.6 Å². The van der Waals surface area contributed by atoms with Crippen molar-refractivity contribution in [3.63, 3.8) is 0 Å². The Morgan fingerprint density at radius 3 is 1.27 bits per heavy atom. The monoisotopic (exact) mass is 1930 g/mol. The summed E-state index contributed by atoms with van der Waals surface area (Å²) < 4.78 is 23.3. The average molecular weight is 1930 g/mol. The Hall–Kier alpha value is -13.6. The van der Waals surface area contributed by atoms with Crippen molar-refractivity contribution in [2.75, 3.05) is 149 Å². The number of anilines is 12. The number of aromatic amines is 5. The molecule has 138 heavy (non-hydrogen) atoms. The average Bonchev–Trinajstić information content (AvgIpc) is 0.797. The van der Waals surface area contributed by atoms with Gasteiger partial charge in [-0.25, -0.2) is 49.7 Å². The lowest BCUT2D eigenvalue weighted by Gasteiger charge is -2.32. The van der Waals surface area contributed by atoms with Crippen molar-refractivity contribution in [2.45, 2.75) is 128 Å². The Balaban J connectivity index is 0.000000166. The van der Waals surface area contributed by atoms with Crippen LogP contribution in [0.1, 0.15) is 59.9 Å². The summed E-state index contributed by atoms with van der Waals surface area (Å²) >= 11 is 0. The van der Waals surface area contributed by atoms with Gasteiger partial charge in [0.05, 0.1) is 110 Å². The lowest BCUT2D eigenvalue weighted by molar-refractivity contribution is -0.0727. The van der Waals surface area contributed by atoms with Crippen LogP contribution in [0, 0.1) is 34.6 Å². The molecule has 5 aromatic carbocycles. The number of fused-ring (bicyclic) bond motifs is 10. The van der Waals surface area contributed by atoms with Crippen molar-refractivity contribution in [3.8, 4) is 17.3 Å². The van der Waals surface area contributed by atoms with Gasteiger partial charge in [0, 0.05) is 90.4 Å². The molecular weight excluding hydrogens is 1820 g/mol. The minimum Gasteiger partial charge on any atom is -0.496 e. The first kappa shape index (κ1) is 105. The van der Waals surface area contributed by atoms with Crippen LogP contribution in [0.5, 0.6) is 5.75 Å². The fraction of sp³-hybridized carbons (Fsp3) is 0.400. The predicted octanol–water partition coefficient (Wildman–Crippen LogP) is -3.78. The Morgan fingerprint density at radius 1 is 0.457 bits per heavy atom. The van der Waals surface area contributed by atoms with E-state index in [-0.39, 0.29) is 99.9 Å². The van der Waals surface area contributed by atoms with Gasteiger partial charge in [-0.2, -0.15) is 4.98 Å². The van der Waals surface area contributed by atoms with E-state index in [2.05, 4.69) is 117 Å². The van der Waals surface area contributed by atoms with E-state index in [1.54, 1.807) is 55.3 Å². The number of nitrogens with two attached hydrogens (primary N) is 1. The van der Waals surface area contributed by atoms with Crippen molar-refractivity contribution in [3.05, 3.63) is 194 Å². The number of hydrogen-bond acceptors (Lipinski definition) is 40. The first-order valence-electron chi connectivity index (χ1n) is 43.4. The summed E-state index contributed by atoms with van der Waals surface area (Å²) in [6.45, 7) is 24.0. The van der Waals surface area contributed by atoms with Crippen molar-refractivity contribution in [1.29, 1.82) is 0 Å². The van der Waals surface area contributed by atoms with Crippen LogP contribution >= 0.6 is 7.60 Å². The second kappa shape index (κ2) is 44.7. The van der Waals surface area contributed by atoms with Crippen LogP contribution in [-0.4, -0.2) is 294 Å². The maximum Gasteiger partial charge on any atom is 0.349 e. The van der Waals surface area contributed by atoms with Crippen LogP contribution in [-0.2, 0) is 15.6 Å². The summed E-state index contributed by atoms with van der Waals surface area (Å²) in [4.78, 5) is 149. The van der Waals surface area contributed by atoms with Gasteiger partial charge in [-0.15, -0.1) is 0 Å². The normalized spacial score (nSPS) is 14.8. The van der Waals surface area contributed by atoms with Gasteiger partial charge >= 0.3 is 13.3 Å². The number of nitrogen functional groups attached to an aromatic ring is 1. The van der Waals surface area contributed by atoms with Crippen molar-refractivity contribution < 1.29 is 85.1 Å². The molecule has 738 valence electrons. The Kier molecular flexibility index (Phi) is 34.0. The molecule has 10 heterocycles. The number of hydrogen-bond donors (Lipinski definition) is 21. The molecule has 0 radical (unpaired) electrons. The van der Waals surface area contributed by atoms with Crippen molar-refractivity contribution >= 4 is 136 Å². The van der Waals surface area contributed by atoms with E-state index in [4.69, 9.17) is 35.4 Å². The summed E-state index contributed by atoms with van der Waals surface area (Å²) in [6, 6.07) is 18.3. The number of nitrogens with one attached hydrogen (secondary N) is 6. The third-order valence-corrected chi connectivity index (χ3v) is 23.3. The number of aliphatic hydroxyl groups is 13. The van der Waals surface area contributed by atoms with E-state index in [0.717, 1.165) is 81.3 Å². The largest absolute Gasteiger partial charge is 0.496 e. The first-order valence-corrected chi connectivity index (χ1v) is 45.5. The van der Waals surface area contributed by atoms with Gasteiger partial charge < -0.3 is 145 Å². The second-order valence-electron chi connectivity index (χ2n) is 33.5. The summed E-state index contributed by atoms with van der Waals surface area (Å²) in [6.07, 6.45) is -10.2. The van der Waals surface area contributed by atoms with Crippen LogP contribution in [0.4, 0.5) is 91.5 Å². The number of benzene rings is 5. The predicted molar refractivity (Wildman–Crippen MR) is 518 cm³/mol. The standard InChI is InChI=1S/C19H26N5O5P.C18H23N5O5.C18H23N5O2.C18H22N4O6.C17H21N5O5/c1-12-10-13-15(11-14(12)23(2)3)24(8-6-5-7-9-29-30(4,27)28)17-16(20-13)18(25)22-19(26)21-17;1-8-4-11-12(5-10(8)19-3)23(6-13(25)16(27)14(26)7-24)17-15(22-11)18(28)21-9(2)20-17;1-11-9-13-15(10-14(11)22(3)4)23(7-5-6-8-24)17-16(21-13)18(25)20-12(2)19-17;1-8-4-10-11(5-14(8)28-3)22(6-12(24)16(26)13(25)7-23)17-15(21-10)18(27)20-9(2)19-17;1-7-3-10-11(4-9(7)18)22(5-12(24)15(26)13(25)6-23)16-14(21-10)17(27)20-8(2)19-16/h10-11H,5-9H2,1-4H3,(H,27,28)(H,22,25,26);4-5,13-14,16,19,24-27H,2,6-7H2,1,3H3,(H,21,28);9-10,24H,2,5-8H2,1,3-4H3,(H,20,25);4-5,12-13,16,23-26H,2,6-7H2,1,3H3,(H,20,27);3-4,12-13,15,23-26H,2,5-6,18H2,1H3,(H,20,27)/t;13-,14+,16-;;12-,13+,16-;12-,13+,15-/m.0.00/s1. The zero-order valence-corrected chi connectivity index (χ0v) is 78.9. The van der Waals surface area contributed by atoms with E-state index in [0.29, 0.717) is 100 Å². The molecule has 0 amide bonds. The van der Waals surface area contributed by atoms with Gasteiger partial charge in [-0.05, 0) is 149 Å². The number of methoxy groups -OCH3 is 1. The van der Waals surface area contributed by atoms with E-state index in [1.807, 2.05) is 88.5 Å². The maximum absolute atomic E-state index is 12.4. The molecule has 6 aliphatic rings. The first-order chi connectivity index (χ1) is 65.2. The summed E-state index contributed by atoms with van der Waals surface area (Å²) in [5.41, 5.74) is 17.7. The molecule has 0 saturated carbocycles. The molecule has 47 nitrogen and oxygen atoms in total. The zero-order valence-electron chi connectivity index (χ0n) is 78.0. The van der Waals surface area contributed by atoms with Gasteiger partial charge in [-0.1, -0.05) is 26.3 Å². The molecule has 9 aromatic rings. The molecule has 0 bridgehead atoms. The Bertz CT molecular complexity index is 7120. The lowest BCUT2D eigenvalue weighted by Crippen LogP contribution is -2.48. The molecule has 48 heteroatoms. The summed E-state index contributed by atoms with van der Waals surface area (Å²) in [7, 11) is 7.69. The molecule has 22 N–H and O–H groups in total. The number of aryl methyl sites for hydroxylation is 6. The van der Waals surface area contributed by atoms with Crippen LogP contribution < -0.4 is 122 Å². The van der Waals surface area contributed by atoms with Crippen molar-refractivity contribution in [1.82, 2.24) is 59.4 Å². The van der Waals surface area contributed by atoms with Crippen LogP contribution in [0.3, 0.4) is 0 Å². The molecule has 6 aliphatic heterocycles. The molecule has 0 spiro atoms. The number of unbranched alkanes of at least 4 members (excludes halogenated alkanes) is 3. The fourth-order valence-corrected chi connectivity index (χ4v) is 16.0. The molecule has 0 aliphatic carbocycles. The van der Waals surface area contributed by atoms with E-state index in [1.165, 1.54) is 16.9 Å². The molecule has 10 atom stereocenters. The Morgan fingerprint density at radius 2 is 0.848 bits per heavy atom. The Labute approximate surface area is 785 Å². The number of H-pyrrole nitrogens is 5. The number of rotatable bonds is 30. The van der Waals surface area contributed by atoms with Crippen molar-refractivity contribution in [2.24, 2.45) is 20.0 Å². The third-order valence-electron chi connectivity index (χ3n) is 22.6. The number of aromatic nitrogens is 12. The van der Waals surface area contributed by atoms with Gasteiger partial charge in [-0.3, -0.25) is 33.5 Å². The second-order valence-corrected chi connectivity index (χ2v) is 35.3. The van der Waals surface area contributed by atoms with Crippen LogP contribution in [0.25, 0.3) is 48.9 Å². The van der Waals surface area contributed by atoms with Crippen LogP contribution in [0.15, 0.2) is 109 Å². The summed E-state index contributed by atoms with van der Waals surface area (Å²) in [5, 5.41) is 130. The highest BCUT2D eigenvalue weighted by Gasteiger charge is 2.36. The minimum atomic E-state index is -3.47. The smallest absolute Gasteiger partial charge is 0.349 e. The maximum atomic E-state index is 12.4. The van der Waals surface area contributed by atoms with Gasteiger partial charge in [0.2, 0.25) is 0 Å². The molecule has 15 rings (SSSR count). The number of ether oxygens (including phenoxy) is 1. The molecule has 0 fully saturated rings. The highest BCUT2D eigenvalue weighted by molar-refractivity contribution is 7.51. The topological polar surface area (TPSA) is 689 Å². The van der Waals surface area contributed by atoms with Crippen LogP contribution in [0.2, 0.25) is 0 Å².